The zero-order valence-electron chi connectivity index (χ0n) is 11.0. The van der Waals surface area contributed by atoms with Gasteiger partial charge in [-0.1, -0.05) is 46.2 Å². The van der Waals surface area contributed by atoms with Crippen LogP contribution in [0.1, 0.15) is 51.7 Å². The molecule has 16 heavy (non-hydrogen) atoms. The fourth-order valence-electron chi connectivity index (χ4n) is 1.96. The van der Waals surface area contributed by atoms with Gasteiger partial charge in [-0.05, 0) is 41.9 Å². The van der Waals surface area contributed by atoms with Gasteiger partial charge in [0.1, 0.15) is 5.75 Å². The van der Waals surface area contributed by atoms with Gasteiger partial charge in [0.15, 0.2) is 0 Å². The smallest absolute Gasteiger partial charge is 0.119 e. The lowest BCUT2D eigenvalue weighted by atomic mass is 9.85. The van der Waals surface area contributed by atoms with Gasteiger partial charge >= 0.3 is 0 Å². The molecular weight excluding hydrogens is 196 g/mol. The second-order valence-electron chi connectivity index (χ2n) is 5.76. The van der Waals surface area contributed by atoms with Crippen molar-refractivity contribution in [3.63, 3.8) is 0 Å². The Morgan fingerprint density at radius 1 is 1.19 bits per heavy atom. The van der Waals surface area contributed by atoms with Crippen LogP contribution < -0.4 is 0 Å². The van der Waals surface area contributed by atoms with E-state index in [4.69, 9.17) is 0 Å². The molecule has 0 fully saturated rings. The highest BCUT2D eigenvalue weighted by molar-refractivity contribution is 5.40. The van der Waals surface area contributed by atoms with E-state index in [1.54, 1.807) is 6.07 Å². The van der Waals surface area contributed by atoms with E-state index in [-0.39, 0.29) is 5.41 Å². The van der Waals surface area contributed by atoms with Crippen LogP contribution in [-0.4, -0.2) is 5.11 Å². The number of hydrogen-bond donors (Lipinski definition) is 1. The Kier molecular flexibility index (Phi) is 4.40. The maximum atomic E-state index is 9.95. The van der Waals surface area contributed by atoms with E-state index in [1.165, 1.54) is 18.4 Å². The summed E-state index contributed by atoms with van der Waals surface area (Å²) in [5, 5.41) is 9.95. The van der Waals surface area contributed by atoms with Crippen molar-refractivity contribution in [1.82, 2.24) is 0 Å². The van der Waals surface area contributed by atoms with E-state index in [0.29, 0.717) is 5.75 Å². The average Bonchev–Trinajstić information content (AvgIpc) is 2.17. The third kappa shape index (κ3) is 3.88. The Hall–Kier alpha value is -0.980. The van der Waals surface area contributed by atoms with Crippen molar-refractivity contribution in [2.24, 2.45) is 5.41 Å². The molecule has 1 aromatic rings. The van der Waals surface area contributed by atoms with Crippen molar-refractivity contribution >= 4 is 0 Å². The molecule has 0 saturated carbocycles. The topological polar surface area (TPSA) is 20.2 Å². The van der Waals surface area contributed by atoms with Gasteiger partial charge in [0, 0.05) is 0 Å². The summed E-state index contributed by atoms with van der Waals surface area (Å²) in [5.74, 6) is 0.462. The fraction of sp³-hybridized carbons (Fsp3) is 0.600. The lowest BCUT2D eigenvalue weighted by molar-refractivity contribution is 0.392. The predicted molar refractivity (Wildman–Crippen MR) is 69.9 cm³/mol. The van der Waals surface area contributed by atoms with Crippen LogP contribution in [0.25, 0.3) is 0 Å². The van der Waals surface area contributed by atoms with Crippen molar-refractivity contribution in [3.8, 4) is 5.75 Å². The Bertz CT molecular complexity index is 334. The molecule has 1 N–H and O–H groups in total. The molecule has 0 aromatic heterocycles. The molecule has 0 amide bonds. The Labute approximate surface area is 99.5 Å². The first kappa shape index (κ1) is 13.1. The Balaban J connectivity index is 2.94. The maximum absolute atomic E-state index is 9.95. The summed E-state index contributed by atoms with van der Waals surface area (Å²) in [6.45, 7) is 8.83. The standard InChI is InChI=1S/C15H24O/c1-5-6-8-12-9-7-10-14(16)13(12)11-15(2,3)4/h7,9-10,16H,5-6,8,11H2,1-4H3. The van der Waals surface area contributed by atoms with Crippen LogP contribution in [0.3, 0.4) is 0 Å². The molecule has 0 bridgehead atoms. The molecule has 1 aromatic carbocycles. The molecule has 0 heterocycles. The molecular formula is C15H24O. The second-order valence-corrected chi connectivity index (χ2v) is 5.76. The van der Waals surface area contributed by atoms with Crippen LogP contribution in [0, 0.1) is 5.41 Å². The lowest BCUT2D eigenvalue weighted by Crippen LogP contribution is -2.11. The van der Waals surface area contributed by atoms with Crippen LogP contribution in [0.2, 0.25) is 0 Å². The number of aromatic hydroxyl groups is 1. The summed E-state index contributed by atoms with van der Waals surface area (Å²) in [5.41, 5.74) is 2.68. The first-order chi connectivity index (χ1) is 7.44. The van der Waals surface area contributed by atoms with Crippen molar-refractivity contribution < 1.29 is 5.11 Å². The quantitative estimate of drug-likeness (QED) is 0.801. The third-order valence-electron chi connectivity index (χ3n) is 2.76. The second kappa shape index (κ2) is 5.38. The Morgan fingerprint density at radius 2 is 1.88 bits per heavy atom. The van der Waals surface area contributed by atoms with Crippen molar-refractivity contribution in [2.75, 3.05) is 0 Å². The van der Waals surface area contributed by atoms with Gasteiger partial charge in [-0.2, -0.15) is 0 Å². The van der Waals surface area contributed by atoms with Crippen LogP contribution in [-0.2, 0) is 12.8 Å². The number of phenols is 1. The molecule has 0 saturated heterocycles. The molecule has 1 nitrogen and oxygen atoms in total. The molecule has 0 radical (unpaired) electrons. The van der Waals surface area contributed by atoms with Crippen LogP contribution in [0.5, 0.6) is 5.75 Å². The van der Waals surface area contributed by atoms with Crippen LogP contribution >= 0.6 is 0 Å². The van der Waals surface area contributed by atoms with E-state index < -0.39 is 0 Å². The van der Waals surface area contributed by atoms with Crippen LogP contribution in [0.15, 0.2) is 18.2 Å². The first-order valence-electron chi connectivity index (χ1n) is 6.24. The monoisotopic (exact) mass is 220 g/mol. The summed E-state index contributed by atoms with van der Waals surface area (Å²) in [7, 11) is 0. The minimum absolute atomic E-state index is 0.222. The zero-order chi connectivity index (χ0) is 12.2. The van der Waals surface area contributed by atoms with E-state index in [2.05, 4.69) is 33.8 Å². The largest absolute Gasteiger partial charge is 0.508 e. The predicted octanol–water partition coefficient (Wildman–Crippen LogP) is 4.32. The molecule has 1 rings (SSSR count). The number of aryl methyl sites for hydroxylation is 1. The summed E-state index contributed by atoms with van der Waals surface area (Å²) in [6, 6.07) is 5.90. The number of unbranched alkanes of at least 4 members (excludes halogenated alkanes) is 1. The van der Waals surface area contributed by atoms with Gasteiger partial charge < -0.3 is 5.11 Å². The van der Waals surface area contributed by atoms with Gasteiger partial charge in [0.05, 0.1) is 0 Å². The summed E-state index contributed by atoms with van der Waals surface area (Å²) < 4.78 is 0. The highest BCUT2D eigenvalue weighted by Crippen LogP contribution is 2.30. The van der Waals surface area contributed by atoms with E-state index in [1.807, 2.05) is 6.07 Å². The number of phenolic OH excluding ortho intramolecular Hbond substituents is 1. The van der Waals surface area contributed by atoms with Crippen molar-refractivity contribution in [2.45, 2.75) is 53.4 Å². The van der Waals surface area contributed by atoms with Gasteiger partial charge in [-0.25, -0.2) is 0 Å². The highest BCUT2D eigenvalue weighted by Gasteiger charge is 2.16. The SMILES string of the molecule is CCCCc1cccc(O)c1CC(C)(C)C. The molecule has 0 aliphatic carbocycles. The highest BCUT2D eigenvalue weighted by atomic mass is 16.3. The fourth-order valence-corrected chi connectivity index (χ4v) is 1.96. The first-order valence-corrected chi connectivity index (χ1v) is 6.24. The zero-order valence-corrected chi connectivity index (χ0v) is 11.0. The van der Waals surface area contributed by atoms with Gasteiger partial charge in [-0.15, -0.1) is 0 Å². The summed E-state index contributed by atoms with van der Waals surface area (Å²) >= 11 is 0. The number of hydrogen-bond acceptors (Lipinski definition) is 1. The molecule has 1 heteroatoms. The molecule has 0 unspecified atom stereocenters. The van der Waals surface area contributed by atoms with Crippen molar-refractivity contribution in [3.05, 3.63) is 29.3 Å². The van der Waals surface area contributed by atoms with E-state index >= 15 is 0 Å². The summed E-state index contributed by atoms with van der Waals surface area (Å²) in [4.78, 5) is 0. The minimum Gasteiger partial charge on any atom is -0.508 e. The minimum atomic E-state index is 0.222. The van der Waals surface area contributed by atoms with Gasteiger partial charge in [0.2, 0.25) is 0 Å². The molecule has 0 aliphatic heterocycles. The molecule has 0 aliphatic rings. The van der Waals surface area contributed by atoms with Gasteiger partial charge in [-0.3, -0.25) is 0 Å². The maximum Gasteiger partial charge on any atom is 0.119 e. The third-order valence-corrected chi connectivity index (χ3v) is 2.76. The normalized spacial score (nSPS) is 11.8. The molecule has 90 valence electrons. The number of rotatable bonds is 4. The lowest BCUT2D eigenvalue weighted by Gasteiger charge is -2.21. The van der Waals surface area contributed by atoms with E-state index in [9.17, 15) is 5.11 Å². The van der Waals surface area contributed by atoms with E-state index in [0.717, 1.165) is 18.4 Å². The van der Waals surface area contributed by atoms with Crippen LogP contribution in [0.4, 0.5) is 0 Å². The molecule has 0 atom stereocenters. The number of benzene rings is 1. The molecule has 0 spiro atoms. The van der Waals surface area contributed by atoms with Crippen molar-refractivity contribution in [1.29, 1.82) is 0 Å². The summed E-state index contributed by atoms with van der Waals surface area (Å²) in [6.07, 6.45) is 4.42. The Morgan fingerprint density at radius 3 is 2.44 bits per heavy atom. The average molecular weight is 220 g/mol. The van der Waals surface area contributed by atoms with Gasteiger partial charge in [0.25, 0.3) is 0 Å².